The molecule has 126 valence electrons. The first-order valence-electron chi connectivity index (χ1n) is 8.42. The minimum atomic E-state index is -0.369. The molecule has 1 N–H and O–H groups in total. The first-order valence-corrected chi connectivity index (χ1v) is 8.42. The predicted molar refractivity (Wildman–Crippen MR) is 99.2 cm³/mol. The van der Waals surface area contributed by atoms with Crippen molar-refractivity contribution in [1.82, 2.24) is 14.9 Å². The van der Waals surface area contributed by atoms with Crippen LogP contribution in [0.1, 0.15) is 32.0 Å². The molecule has 2 heterocycles. The average Bonchev–Trinajstić information content (AvgIpc) is 2.80. The van der Waals surface area contributed by atoms with Crippen LogP contribution in [0, 0.1) is 19.3 Å². The lowest BCUT2D eigenvalue weighted by Gasteiger charge is -2.18. The van der Waals surface area contributed by atoms with E-state index in [2.05, 4.69) is 41.1 Å². The van der Waals surface area contributed by atoms with Crippen LogP contribution in [0.3, 0.4) is 0 Å². The van der Waals surface area contributed by atoms with Crippen LogP contribution in [-0.4, -0.2) is 22.0 Å². The highest BCUT2D eigenvalue weighted by Gasteiger charge is 2.21. The van der Waals surface area contributed by atoms with E-state index >= 15 is 0 Å². The monoisotopic (exact) mass is 323 g/mol. The molecule has 0 bridgehead atoms. The zero-order valence-corrected chi connectivity index (χ0v) is 15.1. The van der Waals surface area contributed by atoms with Gasteiger partial charge in [-0.25, -0.2) is 4.98 Å². The summed E-state index contributed by atoms with van der Waals surface area (Å²) in [5.41, 5.74) is 4.05. The molecular formula is C20H25N3O. The van der Waals surface area contributed by atoms with Crippen molar-refractivity contribution in [3.05, 3.63) is 41.6 Å². The SMILES string of the molecule is Cc1cc(C)c2c3ccccc3n(CCNC(=O)C(C)(C)C)c2n1. The number of aryl methyl sites for hydroxylation is 2. The number of benzene rings is 1. The van der Waals surface area contributed by atoms with E-state index < -0.39 is 0 Å². The van der Waals surface area contributed by atoms with E-state index in [1.807, 2.05) is 33.8 Å². The Labute approximate surface area is 142 Å². The van der Waals surface area contributed by atoms with E-state index in [9.17, 15) is 4.79 Å². The Balaban J connectivity index is 2.01. The van der Waals surface area contributed by atoms with Crippen LogP contribution in [0.15, 0.2) is 30.3 Å². The van der Waals surface area contributed by atoms with E-state index in [0.717, 1.165) is 11.3 Å². The average molecular weight is 323 g/mol. The van der Waals surface area contributed by atoms with Gasteiger partial charge in [-0.05, 0) is 31.5 Å². The lowest BCUT2D eigenvalue weighted by Crippen LogP contribution is -2.36. The van der Waals surface area contributed by atoms with Crippen molar-refractivity contribution in [3.63, 3.8) is 0 Å². The Morgan fingerprint density at radius 1 is 1.21 bits per heavy atom. The fourth-order valence-corrected chi connectivity index (χ4v) is 3.15. The molecule has 0 spiro atoms. The van der Waals surface area contributed by atoms with E-state index in [1.54, 1.807) is 0 Å². The van der Waals surface area contributed by atoms with Crippen LogP contribution in [0.5, 0.6) is 0 Å². The molecule has 0 aliphatic heterocycles. The molecule has 4 nitrogen and oxygen atoms in total. The molecule has 2 aromatic heterocycles. The summed E-state index contributed by atoms with van der Waals surface area (Å²) >= 11 is 0. The highest BCUT2D eigenvalue weighted by molar-refractivity contribution is 6.08. The second-order valence-electron chi connectivity index (χ2n) is 7.45. The Morgan fingerprint density at radius 3 is 2.62 bits per heavy atom. The molecule has 3 rings (SSSR count). The molecule has 0 fully saturated rings. The van der Waals surface area contributed by atoms with Crippen LogP contribution < -0.4 is 5.32 Å². The number of hydrogen-bond acceptors (Lipinski definition) is 2. The summed E-state index contributed by atoms with van der Waals surface area (Å²) in [6.07, 6.45) is 0. The van der Waals surface area contributed by atoms with Gasteiger partial charge in [-0.3, -0.25) is 4.79 Å². The number of aromatic nitrogens is 2. The quantitative estimate of drug-likeness (QED) is 0.793. The summed E-state index contributed by atoms with van der Waals surface area (Å²) in [6.45, 7) is 11.2. The lowest BCUT2D eigenvalue weighted by molar-refractivity contribution is -0.128. The molecule has 0 aliphatic rings. The maximum absolute atomic E-state index is 12.1. The van der Waals surface area contributed by atoms with Crippen molar-refractivity contribution in [3.8, 4) is 0 Å². The van der Waals surface area contributed by atoms with Gasteiger partial charge < -0.3 is 9.88 Å². The number of carbonyl (C=O) groups excluding carboxylic acids is 1. The fourth-order valence-electron chi connectivity index (χ4n) is 3.15. The van der Waals surface area contributed by atoms with Crippen LogP contribution in [0.2, 0.25) is 0 Å². The molecule has 1 aromatic carbocycles. The molecule has 24 heavy (non-hydrogen) atoms. The van der Waals surface area contributed by atoms with Crippen LogP contribution >= 0.6 is 0 Å². The second kappa shape index (κ2) is 5.93. The predicted octanol–water partition coefficient (Wildman–Crippen LogP) is 3.97. The Morgan fingerprint density at radius 2 is 1.92 bits per heavy atom. The third kappa shape index (κ3) is 2.88. The van der Waals surface area contributed by atoms with Gasteiger partial charge in [0, 0.05) is 35.0 Å². The van der Waals surface area contributed by atoms with Gasteiger partial charge in [-0.2, -0.15) is 0 Å². The number of para-hydroxylation sites is 1. The van der Waals surface area contributed by atoms with Gasteiger partial charge in [0.1, 0.15) is 5.65 Å². The number of pyridine rings is 1. The zero-order valence-electron chi connectivity index (χ0n) is 15.1. The molecule has 0 unspecified atom stereocenters. The third-order valence-electron chi connectivity index (χ3n) is 4.35. The lowest BCUT2D eigenvalue weighted by atomic mass is 9.96. The van der Waals surface area contributed by atoms with Gasteiger partial charge >= 0.3 is 0 Å². The van der Waals surface area contributed by atoms with Crippen LogP contribution in [0.4, 0.5) is 0 Å². The van der Waals surface area contributed by atoms with Crippen molar-refractivity contribution in [2.24, 2.45) is 5.41 Å². The first kappa shape index (κ1) is 16.5. The number of nitrogens with zero attached hydrogens (tertiary/aromatic N) is 2. The van der Waals surface area contributed by atoms with Gasteiger partial charge in [0.15, 0.2) is 0 Å². The van der Waals surface area contributed by atoms with Crippen LogP contribution in [-0.2, 0) is 11.3 Å². The molecular weight excluding hydrogens is 298 g/mol. The topological polar surface area (TPSA) is 46.9 Å². The van der Waals surface area contributed by atoms with Crippen molar-refractivity contribution >= 4 is 27.8 Å². The summed E-state index contributed by atoms with van der Waals surface area (Å²) in [5, 5.41) is 5.46. The Kier molecular flexibility index (Phi) is 4.08. The molecule has 0 saturated heterocycles. The first-order chi connectivity index (χ1) is 11.3. The molecule has 0 saturated carbocycles. The summed E-state index contributed by atoms with van der Waals surface area (Å²) < 4.78 is 2.22. The van der Waals surface area contributed by atoms with Crippen LogP contribution in [0.25, 0.3) is 21.9 Å². The third-order valence-corrected chi connectivity index (χ3v) is 4.35. The number of amides is 1. The molecule has 0 radical (unpaired) electrons. The largest absolute Gasteiger partial charge is 0.354 e. The minimum absolute atomic E-state index is 0.0728. The van der Waals surface area contributed by atoms with Crippen molar-refractivity contribution in [2.45, 2.75) is 41.2 Å². The zero-order chi connectivity index (χ0) is 17.5. The van der Waals surface area contributed by atoms with Crippen molar-refractivity contribution in [2.75, 3.05) is 6.54 Å². The number of rotatable bonds is 3. The normalized spacial score (nSPS) is 12.0. The summed E-state index contributed by atoms with van der Waals surface area (Å²) in [6, 6.07) is 10.5. The highest BCUT2D eigenvalue weighted by Crippen LogP contribution is 2.30. The standard InChI is InChI=1S/C20H25N3O/c1-13-12-14(2)22-18-17(13)15-8-6-7-9-16(15)23(18)11-10-21-19(24)20(3,4)5/h6-9,12H,10-11H2,1-5H3,(H,21,24). The summed E-state index contributed by atoms with van der Waals surface area (Å²) in [4.78, 5) is 16.9. The van der Waals surface area contributed by atoms with Gasteiger partial charge in [-0.15, -0.1) is 0 Å². The molecule has 0 atom stereocenters. The highest BCUT2D eigenvalue weighted by atomic mass is 16.2. The van der Waals surface area contributed by atoms with E-state index in [-0.39, 0.29) is 11.3 Å². The van der Waals surface area contributed by atoms with Gasteiger partial charge in [0.05, 0.1) is 5.52 Å². The maximum atomic E-state index is 12.1. The Bertz CT molecular complexity index is 916. The Hall–Kier alpha value is -2.36. The molecule has 3 aromatic rings. The van der Waals surface area contributed by atoms with Crippen molar-refractivity contribution < 1.29 is 4.79 Å². The second-order valence-corrected chi connectivity index (χ2v) is 7.45. The smallest absolute Gasteiger partial charge is 0.225 e. The summed E-state index contributed by atoms with van der Waals surface area (Å²) in [7, 11) is 0. The van der Waals surface area contributed by atoms with Gasteiger partial charge in [-0.1, -0.05) is 39.0 Å². The number of carbonyl (C=O) groups is 1. The number of hydrogen-bond donors (Lipinski definition) is 1. The number of fused-ring (bicyclic) bond motifs is 3. The fraction of sp³-hybridized carbons (Fsp3) is 0.400. The van der Waals surface area contributed by atoms with Gasteiger partial charge in [0.2, 0.25) is 5.91 Å². The minimum Gasteiger partial charge on any atom is -0.354 e. The molecule has 1 amide bonds. The maximum Gasteiger partial charge on any atom is 0.225 e. The molecule has 4 heteroatoms. The van der Waals surface area contributed by atoms with Gasteiger partial charge in [0.25, 0.3) is 0 Å². The van der Waals surface area contributed by atoms with E-state index in [1.165, 1.54) is 21.9 Å². The van der Waals surface area contributed by atoms with E-state index in [0.29, 0.717) is 13.1 Å². The van der Waals surface area contributed by atoms with E-state index in [4.69, 9.17) is 4.98 Å². The summed E-state index contributed by atoms with van der Waals surface area (Å²) in [5.74, 6) is 0.0728. The molecule has 0 aliphatic carbocycles. The number of nitrogens with one attached hydrogen (secondary N) is 1. The van der Waals surface area contributed by atoms with Crippen molar-refractivity contribution in [1.29, 1.82) is 0 Å².